The lowest BCUT2D eigenvalue weighted by atomic mass is 10.1. The number of H-pyrrole nitrogens is 1. The Hall–Kier alpha value is -3.11. The number of aromatic nitrogens is 1. The summed E-state index contributed by atoms with van der Waals surface area (Å²) in [4.78, 5) is 2.46. The Morgan fingerprint density at radius 2 is 1.35 bits per heavy atom. The highest BCUT2D eigenvalue weighted by atomic mass is 19.4. The molecule has 0 aliphatic rings. The zero-order valence-electron chi connectivity index (χ0n) is 12.3. The van der Waals surface area contributed by atoms with Gasteiger partial charge in [0, 0.05) is 5.39 Å². The van der Waals surface area contributed by atoms with Crippen LogP contribution in [0.25, 0.3) is 10.9 Å². The van der Waals surface area contributed by atoms with Crippen molar-refractivity contribution >= 4 is 22.3 Å². The first kappa shape index (κ1) is 17.7. The SMILES string of the molecule is Oc1[nH]c2ccccc2c1N=Nc1c(F)c(F)c(C(F)(F)F)c(F)c1F. The van der Waals surface area contributed by atoms with E-state index in [2.05, 4.69) is 15.2 Å². The molecule has 0 spiro atoms. The molecule has 3 rings (SSSR count). The van der Waals surface area contributed by atoms with Gasteiger partial charge in [0.1, 0.15) is 5.56 Å². The Kier molecular flexibility index (Phi) is 4.09. The van der Waals surface area contributed by atoms with Crippen molar-refractivity contribution in [3.8, 4) is 5.88 Å². The Bertz CT molecular complexity index is 1010. The monoisotopic (exact) mass is 377 g/mol. The highest BCUT2D eigenvalue weighted by Gasteiger charge is 2.42. The number of para-hydroxylation sites is 1. The molecular formula is C15H6F7N3O. The average Bonchev–Trinajstić information content (AvgIpc) is 2.87. The van der Waals surface area contributed by atoms with E-state index in [0.717, 1.165) is 0 Å². The van der Waals surface area contributed by atoms with Gasteiger partial charge in [-0.05, 0) is 6.07 Å². The molecule has 26 heavy (non-hydrogen) atoms. The molecule has 0 saturated carbocycles. The van der Waals surface area contributed by atoms with Crippen LogP contribution < -0.4 is 0 Å². The number of aromatic hydroxyl groups is 1. The summed E-state index contributed by atoms with van der Waals surface area (Å²) in [6.07, 6.45) is -5.65. The molecule has 136 valence electrons. The van der Waals surface area contributed by atoms with Gasteiger partial charge in [0.25, 0.3) is 0 Å². The lowest BCUT2D eigenvalue weighted by Gasteiger charge is -2.11. The lowest BCUT2D eigenvalue weighted by molar-refractivity contribution is -0.143. The van der Waals surface area contributed by atoms with Crippen molar-refractivity contribution in [1.82, 2.24) is 4.98 Å². The number of alkyl halides is 3. The Balaban J connectivity index is 2.16. The zero-order valence-corrected chi connectivity index (χ0v) is 12.3. The Labute approximate surface area is 139 Å². The summed E-state index contributed by atoms with van der Waals surface area (Å²) in [6.45, 7) is 0. The quantitative estimate of drug-likeness (QED) is 0.328. The van der Waals surface area contributed by atoms with Crippen molar-refractivity contribution in [1.29, 1.82) is 0 Å². The fourth-order valence-electron chi connectivity index (χ4n) is 2.27. The molecule has 2 N–H and O–H groups in total. The van der Waals surface area contributed by atoms with Gasteiger partial charge in [-0.1, -0.05) is 18.2 Å². The molecule has 1 heterocycles. The standard InChI is InChI=1S/C15H6F7N3O/c16-8-7(15(20,21)22)9(17)11(19)13(10(8)18)25-24-12-5-3-1-2-4-6(5)23-14(12)26/h1-4,23,26H. The van der Waals surface area contributed by atoms with E-state index >= 15 is 0 Å². The maximum atomic E-state index is 13.8. The number of hydrogen-bond donors (Lipinski definition) is 2. The van der Waals surface area contributed by atoms with Gasteiger partial charge in [0.15, 0.2) is 34.6 Å². The maximum Gasteiger partial charge on any atom is 0.422 e. The molecule has 0 amide bonds. The number of aromatic amines is 1. The number of benzene rings is 2. The van der Waals surface area contributed by atoms with Crippen LogP contribution in [0.4, 0.5) is 42.1 Å². The van der Waals surface area contributed by atoms with Crippen LogP contribution in [-0.4, -0.2) is 10.1 Å². The van der Waals surface area contributed by atoms with Crippen LogP contribution >= 0.6 is 0 Å². The average molecular weight is 377 g/mol. The van der Waals surface area contributed by atoms with Crippen molar-refractivity contribution in [3.63, 3.8) is 0 Å². The molecule has 0 bridgehead atoms. The molecule has 0 fully saturated rings. The largest absolute Gasteiger partial charge is 0.493 e. The van der Waals surface area contributed by atoms with E-state index in [0.29, 0.717) is 5.52 Å². The van der Waals surface area contributed by atoms with Crippen LogP contribution in [0.3, 0.4) is 0 Å². The molecule has 1 aromatic heterocycles. The van der Waals surface area contributed by atoms with E-state index in [9.17, 15) is 35.8 Å². The van der Waals surface area contributed by atoms with Gasteiger partial charge in [0.2, 0.25) is 5.88 Å². The highest BCUT2D eigenvalue weighted by Crippen LogP contribution is 2.41. The van der Waals surface area contributed by atoms with Gasteiger partial charge in [-0.25, -0.2) is 17.6 Å². The lowest BCUT2D eigenvalue weighted by Crippen LogP contribution is -2.14. The van der Waals surface area contributed by atoms with E-state index in [1.54, 1.807) is 6.07 Å². The summed E-state index contributed by atoms with van der Waals surface area (Å²) >= 11 is 0. The minimum absolute atomic E-state index is 0.252. The number of rotatable bonds is 2. The first-order valence-corrected chi connectivity index (χ1v) is 6.77. The maximum absolute atomic E-state index is 13.8. The fraction of sp³-hybridized carbons (Fsp3) is 0.0667. The van der Waals surface area contributed by atoms with Crippen molar-refractivity contribution < 1.29 is 35.8 Å². The minimum Gasteiger partial charge on any atom is -0.493 e. The van der Waals surface area contributed by atoms with Gasteiger partial charge in [0.05, 0.1) is 5.52 Å². The molecule has 0 aliphatic heterocycles. The first-order chi connectivity index (χ1) is 12.1. The van der Waals surface area contributed by atoms with Crippen LogP contribution in [0.5, 0.6) is 5.88 Å². The van der Waals surface area contributed by atoms with E-state index in [-0.39, 0.29) is 11.1 Å². The highest BCUT2D eigenvalue weighted by molar-refractivity contribution is 5.94. The molecule has 0 saturated heterocycles. The van der Waals surface area contributed by atoms with Gasteiger partial charge in [-0.3, -0.25) is 0 Å². The van der Waals surface area contributed by atoms with Gasteiger partial charge < -0.3 is 10.1 Å². The number of nitrogens with one attached hydrogen (secondary N) is 1. The normalized spacial score (nSPS) is 12.4. The van der Waals surface area contributed by atoms with Gasteiger partial charge >= 0.3 is 6.18 Å². The number of azo groups is 1. The van der Waals surface area contributed by atoms with Crippen LogP contribution in [-0.2, 0) is 6.18 Å². The summed E-state index contributed by atoms with van der Waals surface area (Å²) in [5.41, 5.74) is -4.36. The third-order valence-corrected chi connectivity index (χ3v) is 3.43. The van der Waals surface area contributed by atoms with Crippen molar-refractivity contribution in [2.75, 3.05) is 0 Å². The minimum atomic E-state index is -5.65. The van der Waals surface area contributed by atoms with Crippen LogP contribution in [0.15, 0.2) is 34.5 Å². The second-order valence-electron chi connectivity index (χ2n) is 5.05. The fourth-order valence-corrected chi connectivity index (χ4v) is 2.27. The van der Waals surface area contributed by atoms with E-state index in [1.165, 1.54) is 18.2 Å². The topological polar surface area (TPSA) is 60.7 Å². The predicted octanol–water partition coefficient (Wildman–Crippen LogP) is 5.86. The number of halogens is 7. The van der Waals surface area contributed by atoms with Gasteiger partial charge in [-0.2, -0.15) is 13.2 Å². The third-order valence-electron chi connectivity index (χ3n) is 3.43. The van der Waals surface area contributed by atoms with E-state index in [1.807, 2.05) is 0 Å². The molecule has 4 nitrogen and oxygen atoms in total. The Morgan fingerprint density at radius 1 is 0.808 bits per heavy atom. The number of hydrogen-bond acceptors (Lipinski definition) is 3. The third kappa shape index (κ3) is 2.74. The summed E-state index contributed by atoms with van der Waals surface area (Å²) in [7, 11) is 0. The van der Waals surface area contributed by atoms with E-state index in [4.69, 9.17) is 0 Å². The van der Waals surface area contributed by atoms with Crippen LogP contribution in [0.1, 0.15) is 5.56 Å². The summed E-state index contributed by atoms with van der Waals surface area (Å²) in [5.74, 6) is -10.6. The molecule has 0 aliphatic carbocycles. The summed E-state index contributed by atoms with van der Waals surface area (Å²) < 4.78 is 92.2. The molecule has 11 heteroatoms. The molecule has 0 atom stereocenters. The predicted molar refractivity (Wildman–Crippen MR) is 75.4 cm³/mol. The molecular weight excluding hydrogens is 371 g/mol. The number of fused-ring (bicyclic) bond motifs is 1. The van der Waals surface area contributed by atoms with Crippen molar-refractivity contribution in [3.05, 3.63) is 53.1 Å². The van der Waals surface area contributed by atoms with Crippen LogP contribution in [0, 0.1) is 23.3 Å². The smallest absolute Gasteiger partial charge is 0.422 e. The Morgan fingerprint density at radius 3 is 1.92 bits per heavy atom. The summed E-state index contributed by atoms with van der Waals surface area (Å²) in [6, 6.07) is 6.10. The molecule has 3 aromatic rings. The number of nitrogens with zero attached hydrogens (tertiary/aromatic N) is 2. The van der Waals surface area contributed by atoms with Crippen LogP contribution in [0.2, 0.25) is 0 Å². The molecule has 2 aromatic carbocycles. The zero-order chi connectivity index (χ0) is 19.2. The van der Waals surface area contributed by atoms with E-state index < -0.39 is 46.6 Å². The molecule has 0 unspecified atom stereocenters. The van der Waals surface area contributed by atoms with Crippen molar-refractivity contribution in [2.45, 2.75) is 6.18 Å². The van der Waals surface area contributed by atoms with Crippen molar-refractivity contribution in [2.24, 2.45) is 10.2 Å². The second kappa shape index (κ2) is 6.00. The molecule has 0 radical (unpaired) electrons. The first-order valence-electron chi connectivity index (χ1n) is 6.77. The summed E-state index contributed by atoms with van der Waals surface area (Å²) in [5, 5.41) is 16.2. The van der Waals surface area contributed by atoms with Gasteiger partial charge in [-0.15, -0.1) is 10.2 Å². The second-order valence-corrected chi connectivity index (χ2v) is 5.05.